The minimum atomic E-state index is -0.179. The molecule has 7 heteroatoms. The molecule has 2 heterocycles. The van der Waals surface area contributed by atoms with Crippen LogP contribution in [0, 0.1) is 0 Å². The first kappa shape index (κ1) is 15.6. The summed E-state index contributed by atoms with van der Waals surface area (Å²) in [6, 6.07) is 7.62. The Morgan fingerprint density at radius 2 is 1.88 bits per heavy atom. The molecule has 2 aliphatic rings. The van der Waals surface area contributed by atoms with Crippen molar-refractivity contribution in [1.29, 1.82) is 0 Å². The highest BCUT2D eigenvalue weighted by Crippen LogP contribution is 2.32. The summed E-state index contributed by atoms with van der Waals surface area (Å²) in [4.78, 5) is 24.8. The first-order chi connectivity index (χ1) is 12.2. The highest BCUT2D eigenvalue weighted by molar-refractivity contribution is 5.91. The van der Waals surface area contributed by atoms with Crippen LogP contribution in [0.15, 0.2) is 35.6 Å². The SMILES string of the molecule is Nc1ncnc2c1C=NC2c1ccc(NC(=O)NC2CCCC2)cc1. The summed E-state index contributed by atoms with van der Waals surface area (Å²) in [7, 11) is 0. The number of nitrogen functional groups attached to an aromatic ring is 1. The second-order valence-corrected chi connectivity index (χ2v) is 6.44. The summed E-state index contributed by atoms with van der Waals surface area (Å²) >= 11 is 0. The second kappa shape index (κ2) is 6.51. The predicted octanol–water partition coefficient (Wildman–Crippen LogP) is 2.64. The van der Waals surface area contributed by atoms with Crippen LogP contribution in [0.2, 0.25) is 0 Å². The Balaban J connectivity index is 1.44. The first-order valence-electron chi connectivity index (χ1n) is 8.52. The summed E-state index contributed by atoms with van der Waals surface area (Å²) in [5.41, 5.74) is 9.21. The molecule has 2 aromatic rings. The van der Waals surface area contributed by atoms with E-state index >= 15 is 0 Å². The lowest BCUT2D eigenvalue weighted by Gasteiger charge is -2.14. The Bertz CT molecular complexity index is 811. The fourth-order valence-electron chi connectivity index (χ4n) is 3.41. The van der Waals surface area contributed by atoms with E-state index in [2.05, 4.69) is 25.6 Å². The molecule has 1 aliphatic carbocycles. The van der Waals surface area contributed by atoms with Crippen LogP contribution < -0.4 is 16.4 Å². The van der Waals surface area contributed by atoms with Crippen molar-refractivity contribution in [3.05, 3.63) is 47.4 Å². The summed E-state index contributed by atoms with van der Waals surface area (Å²) < 4.78 is 0. The van der Waals surface area contributed by atoms with Gasteiger partial charge in [-0.15, -0.1) is 0 Å². The van der Waals surface area contributed by atoms with Gasteiger partial charge in [0, 0.05) is 17.9 Å². The highest BCUT2D eigenvalue weighted by atomic mass is 16.2. The Kier molecular flexibility index (Phi) is 4.05. The number of hydrogen-bond acceptors (Lipinski definition) is 5. The third-order valence-electron chi connectivity index (χ3n) is 4.73. The fourth-order valence-corrected chi connectivity index (χ4v) is 3.41. The Hall–Kier alpha value is -2.96. The number of benzene rings is 1. The van der Waals surface area contributed by atoms with E-state index in [0.717, 1.165) is 35.3 Å². The monoisotopic (exact) mass is 336 g/mol. The minimum absolute atomic E-state index is 0.149. The predicted molar refractivity (Wildman–Crippen MR) is 96.7 cm³/mol. The van der Waals surface area contributed by atoms with Crippen LogP contribution in [-0.4, -0.2) is 28.3 Å². The number of aliphatic imine (C=N–C) groups is 1. The molecule has 1 fully saturated rings. The van der Waals surface area contributed by atoms with Gasteiger partial charge in [-0.1, -0.05) is 25.0 Å². The normalized spacial score (nSPS) is 19.0. The lowest BCUT2D eigenvalue weighted by molar-refractivity contribution is 0.248. The van der Waals surface area contributed by atoms with E-state index in [1.165, 1.54) is 19.2 Å². The van der Waals surface area contributed by atoms with Gasteiger partial charge in [-0.2, -0.15) is 0 Å². The van der Waals surface area contributed by atoms with E-state index in [1.807, 2.05) is 24.3 Å². The van der Waals surface area contributed by atoms with E-state index < -0.39 is 0 Å². The molecule has 0 radical (unpaired) electrons. The van der Waals surface area contributed by atoms with Gasteiger partial charge < -0.3 is 16.4 Å². The molecule has 0 saturated heterocycles. The largest absolute Gasteiger partial charge is 0.383 e. The molecule has 25 heavy (non-hydrogen) atoms. The molecule has 1 aliphatic heterocycles. The number of urea groups is 1. The molecule has 1 unspecified atom stereocenters. The zero-order chi connectivity index (χ0) is 17.2. The summed E-state index contributed by atoms with van der Waals surface area (Å²) in [6.07, 6.45) is 7.69. The van der Waals surface area contributed by atoms with E-state index in [1.54, 1.807) is 6.21 Å². The number of nitrogens with zero attached hydrogens (tertiary/aromatic N) is 3. The van der Waals surface area contributed by atoms with Crippen LogP contribution in [0.4, 0.5) is 16.3 Å². The molecular formula is C18H20N6O. The number of carbonyl (C=O) groups excluding carboxylic acids is 1. The van der Waals surface area contributed by atoms with Gasteiger partial charge in [0.25, 0.3) is 0 Å². The molecule has 128 valence electrons. The number of nitrogens with two attached hydrogens (primary N) is 1. The summed E-state index contributed by atoms with van der Waals surface area (Å²) in [5.74, 6) is 0.443. The number of fused-ring (bicyclic) bond motifs is 1. The lowest BCUT2D eigenvalue weighted by atomic mass is 10.0. The van der Waals surface area contributed by atoms with Crippen LogP contribution in [0.25, 0.3) is 0 Å². The molecule has 1 aromatic carbocycles. The maximum Gasteiger partial charge on any atom is 0.319 e. The number of carbonyl (C=O) groups is 1. The number of aromatic nitrogens is 2. The Labute approximate surface area is 145 Å². The maximum atomic E-state index is 12.0. The number of anilines is 2. The first-order valence-corrected chi connectivity index (χ1v) is 8.52. The van der Waals surface area contributed by atoms with Gasteiger partial charge in [0.1, 0.15) is 18.2 Å². The highest BCUT2D eigenvalue weighted by Gasteiger charge is 2.24. The van der Waals surface area contributed by atoms with Gasteiger partial charge in [-0.25, -0.2) is 14.8 Å². The quantitative estimate of drug-likeness (QED) is 0.801. The third kappa shape index (κ3) is 3.17. The molecule has 1 aromatic heterocycles. The number of amides is 2. The lowest BCUT2D eigenvalue weighted by Crippen LogP contribution is -2.36. The smallest absolute Gasteiger partial charge is 0.319 e. The average Bonchev–Trinajstić information content (AvgIpc) is 3.26. The number of rotatable bonds is 3. The van der Waals surface area contributed by atoms with Gasteiger partial charge in [-0.05, 0) is 30.5 Å². The molecule has 1 saturated carbocycles. The van der Waals surface area contributed by atoms with Gasteiger partial charge in [0.2, 0.25) is 0 Å². The van der Waals surface area contributed by atoms with Gasteiger partial charge >= 0.3 is 6.03 Å². The van der Waals surface area contributed by atoms with Crippen molar-refractivity contribution in [3.8, 4) is 0 Å². The van der Waals surface area contributed by atoms with Crippen molar-refractivity contribution < 1.29 is 4.79 Å². The zero-order valence-electron chi connectivity index (χ0n) is 13.8. The van der Waals surface area contributed by atoms with Crippen LogP contribution in [0.5, 0.6) is 0 Å². The van der Waals surface area contributed by atoms with Gasteiger partial charge in [0.05, 0.1) is 11.3 Å². The maximum absolute atomic E-state index is 12.0. The van der Waals surface area contributed by atoms with Gasteiger partial charge in [-0.3, -0.25) is 4.99 Å². The van der Waals surface area contributed by atoms with Gasteiger partial charge in [0.15, 0.2) is 0 Å². The number of nitrogens with one attached hydrogen (secondary N) is 2. The zero-order valence-corrected chi connectivity index (χ0v) is 13.8. The van der Waals surface area contributed by atoms with E-state index in [0.29, 0.717) is 11.9 Å². The minimum Gasteiger partial charge on any atom is -0.383 e. The van der Waals surface area contributed by atoms with Crippen LogP contribution in [0.1, 0.15) is 48.5 Å². The van der Waals surface area contributed by atoms with Crippen molar-refractivity contribution >= 4 is 23.8 Å². The molecule has 0 bridgehead atoms. The topological polar surface area (TPSA) is 105 Å². The number of hydrogen-bond donors (Lipinski definition) is 3. The molecule has 4 N–H and O–H groups in total. The molecule has 0 spiro atoms. The standard InChI is InChI=1S/C18H20N6O/c19-17-14-9-20-15(16(14)21-10-22-17)11-5-7-13(8-6-11)24-18(25)23-12-3-1-2-4-12/h5-10,12,15H,1-4H2,(H2,19,21,22)(H2,23,24,25). The second-order valence-electron chi connectivity index (χ2n) is 6.44. The van der Waals surface area contributed by atoms with Crippen molar-refractivity contribution in [2.75, 3.05) is 11.1 Å². The van der Waals surface area contributed by atoms with Crippen molar-refractivity contribution in [1.82, 2.24) is 15.3 Å². The molecular weight excluding hydrogens is 316 g/mol. The van der Waals surface area contributed by atoms with Crippen LogP contribution in [-0.2, 0) is 0 Å². The van der Waals surface area contributed by atoms with Crippen molar-refractivity contribution in [2.24, 2.45) is 4.99 Å². The van der Waals surface area contributed by atoms with E-state index in [9.17, 15) is 4.79 Å². The van der Waals surface area contributed by atoms with Crippen LogP contribution in [0.3, 0.4) is 0 Å². The van der Waals surface area contributed by atoms with Crippen LogP contribution >= 0.6 is 0 Å². The Morgan fingerprint density at radius 3 is 2.64 bits per heavy atom. The van der Waals surface area contributed by atoms with Crippen molar-refractivity contribution in [3.63, 3.8) is 0 Å². The summed E-state index contributed by atoms with van der Waals surface area (Å²) in [6.45, 7) is 0. The van der Waals surface area contributed by atoms with E-state index in [4.69, 9.17) is 5.73 Å². The average molecular weight is 336 g/mol. The summed E-state index contributed by atoms with van der Waals surface area (Å²) in [5, 5.41) is 5.89. The van der Waals surface area contributed by atoms with E-state index in [-0.39, 0.29) is 12.1 Å². The Morgan fingerprint density at radius 1 is 1.12 bits per heavy atom. The molecule has 1 atom stereocenters. The third-order valence-corrected chi connectivity index (χ3v) is 4.73. The molecule has 7 nitrogen and oxygen atoms in total. The van der Waals surface area contributed by atoms with Crippen molar-refractivity contribution in [2.45, 2.75) is 37.8 Å². The fraction of sp³-hybridized carbons (Fsp3) is 0.333. The molecule has 2 amide bonds. The molecule has 4 rings (SSSR count).